The van der Waals surface area contributed by atoms with E-state index in [4.69, 9.17) is 9.88 Å². The number of ether oxygens (including phenoxy) is 1. The van der Waals surface area contributed by atoms with Gasteiger partial charge in [0.25, 0.3) is 0 Å². The molecule has 2 aromatic rings. The molecule has 0 saturated heterocycles. The van der Waals surface area contributed by atoms with Gasteiger partial charge in [-0.1, -0.05) is 0 Å². The summed E-state index contributed by atoms with van der Waals surface area (Å²) >= 11 is 1.42. The predicted octanol–water partition coefficient (Wildman–Crippen LogP) is 2.60. The first-order chi connectivity index (χ1) is 11.8. The molecule has 0 aliphatic rings. The first-order valence-corrected chi connectivity index (χ1v) is 9.72. The van der Waals surface area contributed by atoms with E-state index in [0.29, 0.717) is 11.4 Å². The van der Waals surface area contributed by atoms with Crippen molar-refractivity contribution in [1.29, 1.82) is 0 Å². The molecule has 6 nitrogen and oxygen atoms in total. The molecule has 0 aromatic heterocycles. The van der Waals surface area contributed by atoms with Gasteiger partial charge in [-0.2, -0.15) is 0 Å². The van der Waals surface area contributed by atoms with Crippen molar-refractivity contribution in [3.8, 4) is 5.75 Å². The molecule has 0 heterocycles. The standard InChI is InChI=1S/C16H17FN2O4S2/c1-23-14-7-4-12(10-15(14)25(18,21)22)19-16(20)8-9-24-13-5-2-11(17)3-6-13/h2-7,10H,8-9H2,1H3,(H,19,20)(H2,18,21,22). The summed E-state index contributed by atoms with van der Waals surface area (Å²) in [6.07, 6.45) is 0.207. The van der Waals surface area contributed by atoms with Gasteiger partial charge in [0, 0.05) is 22.8 Å². The number of rotatable bonds is 7. The molecular formula is C16H17FN2O4S2. The van der Waals surface area contributed by atoms with E-state index in [0.717, 1.165) is 4.90 Å². The Balaban J connectivity index is 1.95. The van der Waals surface area contributed by atoms with Crippen LogP contribution >= 0.6 is 11.8 Å². The van der Waals surface area contributed by atoms with Crippen molar-refractivity contribution in [3.63, 3.8) is 0 Å². The van der Waals surface area contributed by atoms with Gasteiger partial charge in [0.15, 0.2) is 0 Å². The van der Waals surface area contributed by atoms with E-state index in [2.05, 4.69) is 5.32 Å². The van der Waals surface area contributed by atoms with Crippen molar-refractivity contribution in [2.75, 3.05) is 18.2 Å². The highest BCUT2D eigenvalue weighted by Gasteiger charge is 2.16. The number of hydrogen-bond acceptors (Lipinski definition) is 5. The van der Waals surface area contributed by atoms with Gasteiger partial charge in [-0.05, 0) is 42.5 Å². The molecule has 2 rings (SSSR count). The third kappa shape index (κ3) is 5.73. The Morgan fingerprint density at radius 2 is 1.92 bits per heavy atom. The molecule has 0 atom stereocenters. The third-order valence-corrected chi connectivity index (χ3v) is 5.11. The molecule has 0 radical (unpaired) electrons. The van der Waals surface area contributed by atoms with Crippen molar-refractivity contribution in [3.05, 3.63) is 48.3 Å². The van der Waals surface area contributed by atoms with Crippen LogP contribution in [0.25, 0.3) is 0 Å². The van der Waals surface area contributed by atoms with Crippen molar-refractivity contribution in [2.24, 2.45) is 5.14 Å². The predicted molar refractivity (Wildman–Crippen MR) is 94.7 cm³/mol. The van der Waals surface area contributed by atoms with Gasteiger partial charge in [-0.15, -0.1) is 11.8 Å². The van der Waals surface area contributed by atoms with E-state index < -0.39 is 10.0 Å². The Hall–Kier alpha value is -2.10. The Morgan fingerprint density at radius 3 is 2.52 bits per heavy atom. The van der Waals surface area contributed by atoms with Crippen molar-refractivity contribution in [2.45, 2.75) is 16.2 Å². The summed E-state index contributed by atoms with van der Waals surface area (Å²) in [4.78, 5) is 12.6. The zero-order valence-electron chi connectivity index (χ0n) is 13.4. The molecule has 134 valence electrons. The van der Waals surface area contributed by atoms with Crippen LogP contribution in [-0.4, -0.2) is 27.2 Å². The van der Waals surface area contributed by atoms with E-state index in [1.54, 1.807) is 12.1 Å². The number of primary sulfonamides is 1. The van der Waals surface area contributed by atoms with Crippen molar-refractivity contribution < 1.29 is 22.3 Å². The zero-order valence-corrected chi connectivity index (χ0v) is 15.0. The Kier molecular flexibility index (Phi) is 6.40. The van der Waals surface area contributed by atoms with E-state index >= 15 is 0 Å². The number of carbonyl (C=O) groups is 1. The fraction of sp³-hybridized carbons (Fsp3) is 0.188. The highest BCUT2D eigenvalue weighted by atomic mass is 32.2. The smallest absolute Gasteiger partial charge is 0.241 e. The summed E-state index contributed by atoms with van der Waals surface area (Å²) in [6, 6.07) is 10.2. The van der Waals surface area contributed by atoms with Gasteiger partial charge in [0.2, 0.25) is 15.9 Å². The molecule has 0 bridgehead atoms. The normalized spacial score (nSPS) is 11.2. The molecule has 9 heteroatoms. The molecule has 0 unspecified atom stereocenters. The summed E-state index contributed by atoms with van der Waals surface area (Å²) in [5.74, 6) is 0.00938. The number of nitrogens with two attached hydrogens (primary N) is 1. The molecular weight excluding hydrogens is 367 g/mol. The van der Waals surface area contributed by atoms with E-state index in [1.807, 2.05) is 0 Å². The van der Waals surface area contributed by atoms with Crippen LogP contribution in [0.5, 0.6) is 5.75 Å². The lowest BCUT2D eigenvalue weighted by molar-refractivity contribution is -0.115. The van der Waals surface area contributed by atoms with Crippen LogP contribution in [0, 0.1) is 5.82 Å². The van der Waals surface area contributed by atoms with Crippen LogP contribution < -0.4 is 15.2 Å². The second kappa shape index (κ2) is 8.32. The minimum absolute atomic E-state index is 0.104. The summed E-state index contributed by atoms with van der Waals surface area (Å²) in [6.45, 7) is 0. The maximum atomic E-state index is 12.8. The van der Waals surface area contributed by atoms with Crippen LogP contribution in [0.2, 0.25) is 0 Å². The molecule has 0 aliphatic heterocycles. The maximum Gasteiger partial charge on any atom is 0.241 e. The second-order valence-corrected chi connectivity index (χ2v) is 7.71. The van der Waals surface area contributed by atoms with Crippen LogP contribution in [-0.2, 0) is 14.8 Å². The van der Waals surface area contributed by atoms with Gasteiger partial charge < -0.3 is 10.1 Å². The molecule has 2 aromatic carbocycles. The number of halogens is 1. The van der Waals surface area contributed by atoms with Gasteiger partial charge in [0.05, 0.1) is 7.11 Å². The second-order valence-electron chi connectivity index (χ2n) is 5.01. The molecule has 3 N–H and O–H groups in total. The molecule has 0 saturated carbocycles. The minimum atomic E-state index is -3.97. The largest absolute Gasteiger partial charge is 0.495 e. The first kappa shape index (κ1) is 19.2. The van der Waals surface area contributed by atoms with Gasteiger partial charge in [-0.3, -0.25) is 4.79 Å². The van der Waals surface area contributed by atoms with Gasteiger partial charge in [-0.25, -0.2) is 17.9 Å². The summed E-state index contributed by atoms with van der Waals surface area (Å²) in [7, 11) is -2.64. The van der Waals surface area contributed by atoms with Gasteiger partial charge in [0.1, 0.15) is 16.5 Å². The number of anilines is 1. The fourth-order valence-corrected chi connectivity index (χ4v) is 3.57. The van der Waals surface area contributed by atoms with Crippen LogP contribution in [0.3, 0.4) is 0 Å². The Morgan fingerprint density at radius 1 is 1.24 bits per heavy atom. The number of carbonyl (C=O) groups excluding carboxylic acids is 1. The zero-order chi connectivity index (χ0) is 18.4. The maximum absolute atomic E-state index is 12.8. The number of methoxy groups -OCH3 is 1. The van der Waals surface area contributed by atoms with Crippen LogP contribution in [0.4, 0.5) is 10.1 Å². The van der Waals surface area contributed by atoms with Crippen LogP contribution in [0.15, 0.2) is 52.3 Å². The first-order valence-electron chi connectivity index (χ1n) is 7.18. The monoisotopic (exact) mass is 384 g/mol. The molecule has 0 fully saturated rings. The fourth-order valence-electron chi connectivity index (χ4n) is 1.99. The lowest BCUT2D eigenvalue weighted by Gasteiger charge is -2.10. The van der Waals surface area contributed by atoms with Gasteiger partial charge >= 0.3 is 0 Å². The topological polar surface area (TPSA) is 98.5 Å². The van der Waals surface area contributed by atoms with Crippen molar-refractivity contribution >= 4 is 33.4 Å². The average Bonchev–Trinajstić information content (AvgIpc) is 2.56. The molecule has 0 aliphatic carbocycles. The lowest BCUT2D eigenvalue weighted by Crippen LogP contribution is -2.16. The summed E-state index contributed by atoms with van der Waals surface area (Å²) < 4.78 is 40.9. The summed E-state index contributed by atoms with van der Waals surface area (Å²) in [5, 5.41) is 7.75. The minimum Gasteiger partial charge on any atom is -0.495 e. The van der Waals surface area contributed by atoms with Crippen molar-refractivity contribution in [1.82, 2.24) is 0 Å². The number of thioether (sulfide) groups is 1. The SMILES string of the molecule is COc1ccc(NC(=O)CCSc2ccc(F)cc2)cc1S(N)(=O)=O. The molecule has 0 spiro atoms. The number of amides is 1. The van der Waals surface area contributed by atoms with E-state index in [9.17, 15) is 17.6 Å². The summed E-state index contributed by atoms with van der Waals surface area (Å²) in [5.41, 5.74) is 0.307. The Labute approximate surface area is 149 Å². The Bertz CT molecular complexity index is 855. The van der Waals surface area contributed by atoms with Crippen LogP contribution in [0.1, 0.15) is 6.42 Å². The number of nitrogens with one attached hydrogen (secondary N) is 1. The highest BCUT2D eigenvalue weighted by molar-refractivity contribution is 7.99. The van der Waals surface area contributed by atoms with E-state index in [-0.39, 0.29) is 28.8 Å². The number of hydrogen-bond donors (Lipinski definition) is 2. The molecule has 1 amide bonds. The van der Waals surface area contributed by atoms with E-state index in [1.165, 1.54) is 49.2 Å². The quantitative estimate of drug-likeness (QED) is 0.715. The average molecular weight is 384 g/mol. The highest BCUT2D eigenvalue weighted by Crippen LogP contribution is 2.26. The third-order valence-electron chi connectivity index (χ3n) is 3.17. The number of benzene rings is 2. The lowest BCUT2D eigenvalue weighted by atomic mass is 10.3. The number of sulfonamides is 1. The molecule has 25 heavy (non-hydrogen) atoms.